The van der Waals surface area contributed by atoms with Gasteiger partial charge in [0.05, 0.1) is 12.1 Å². The Morgan fingerprint density at radius 2 is 2.33 bits per heavy atom. The van der Waals surface area contributed by atoms with Gasteiger partial charge in [-0.25, -0.2) is 9.97 Å². The van der Waals surface area contributed by atoms with Crippen LogP contribution in [0.1, 0.15) is 25.3 Å². The largest absolute Gasteiger partial charge is 0.391 e. The van der Waals surface area contributed by atoms with Gasteiger partial charge in [-0.1, -0.05) is 0 Å². The van der Waals surface area contributed by atoms with Crippen LogP contribution in [0.5, 0.6) is 0 Å². The number of nitrogens with zero attached hydrogens (tertiary/aromatic N) is 3. The summed E-state index contributed by atoms with van der Waals surface area (Å²) < 4.78 is 2.08. The summed E-state index contributed by atoms with van der Waals surface area (Å²) in [7, 11) is 0. The molecule has 15 heavy (non-hydrogen) atoms. The van der Waals surface area contributed by atoms with Crippen molar-refractivity contribution in [2.75, 3.05) is 0 Å². The van der Waals surface area contributed by atoms with Crippen molar-refractivity contribution >= 4 is 11.0 Å². The SMILES string of the molecule is O[C@@H]1CCCC1n1ccc2cncnc21. The lowest BCUT2D eigenvalue weighted by Crippen LogP contribution is -2.17. The molecule has 1 aliphatic carbocycles. The third-order valence-corrected chi connectivity index (χ3v) is 3.18. The molecule has 0 radical (unpaired) electrons. The molecule has 0 bridgehead atoms. The third kappa shape index (κ3) is 1.33. The van der Waals surface area contributed by atoms with Crippen molar-refractivity contribution in [3.8, 4) is 0 Å². The summed E-state index contributed by atoms with van der Waals surface area (Å²) in [4.78, 5) is 8.25. The molecule has 4 nitrogen and oxygen atoms in total. The predicted octanol–water partition coefficient (Wildman–Crippen LogP) is 1.52. The summed E-state index contributed by atoms with van der Waals surface area (Å²) in [6.07, 6.45) is 8.16. The van der Waals surface area contributed by atoms with Gasteiger partial charge in [-0.15, -0.1) is 0 Å². The van der Waals surface area contributed by atoms with E-state index in [1.54, 1.807) is 12.5 Å². The van der Waals surface area contributed by atoms with Gasteiger partial charge in [0.15, 0.2) is 0 Å². The van der Waals surface area contributed by atoms with Crippen LogP contribution in [0.25, 0.3) is 11.0 Å². The van der Waals surface area contributed by atoms with Gasteiger partial charge in [0.25, 0.3) is 0 Å². The molecule has 1 saturated carbocycles. The summed E-state index contributed by atoms with van der Waals surface area (Å²) in [5.74, 6) is 0. The summed E-state index contributed by atoms with van der Waals surface area (Å²) in [6.45, 7) is 0. The fraction of sp³-hybridized carbons (Fsp3) is 0.455. The first-order chi connectivity index (χ1) is 7.36. The zero-order valence-electron chi connectivity index (χ0n) is 8.37. The van der Waals surface area contributed by atoms with Crippen LogP contribution in [0.15, 0.2) is 24.8 Å². The van der Waals surface area contributed by atoms with E-state index in [1.807, 2.05) is 12.3 Å². The number of fused-ring (bicyclic) bond motifs is 1. The van der Waals surface area contributed by atoms with Crippen LogP contribution >= 0.6 is 0 Å². The minimum atomic E-state index is -0.226. The van der Waals surface area contributed by atoms with E-state index in [1.165, 1.54) is 0 Å². The van der Waals surface area contributed by atoms with Gasteiger partial charge in [-0.2, -0.15) is 0 Å². The molecule has 1 unspecified atom stereocenters. The van der Waals surface area contributed by atoms with Crippen LogP contribution in [0.2, 0.25) is 0 Å². The number of aliphatic hydroxyl groups is 1. The second-order valence-electron chi connectivity index (χ2n) is 4.09. The second kappa shape index (κ2) is 3.31. The maximum absolute atomic E-state index is 9.86. The summed E-state index contributed by atoms with van der Waals surface area (Å²) in [5.41, 5.74) is 0.927. The number of hydrogen-bond acceptors (Lipinski definition) is 3. The van der Waals surface area contributed by atoms with Crippen LogP contribution in [-0.2, 0) is 0 Å². The highest BCUT2D eigenvalue weighted by atomic mass is 16.3. The Balaban J connectivity index is 2.10. The zero-order chi connectivity index (χ0) is 10.3. The van der Waals surface area contributed by atoms with Crippen molar-refractivity contribution in [2.45, 2.75) is 31.4 Å². The van der Waals surface area contributed by atoms with E-state index in [0.29, 0.717) is 0 Å². The van der Waals surface area contributed by atoms with Crippen molar-refractivity contribution in [2.24, 2.45) is 0 Å². The van der Waals surface area contributed by atoms with E-state index in [4.69, 9.17) is 0 Å². The molecule has 78 valence electrons. The van der Waals surface area contributed by atoms with Gasteiger partial charge >= 0.3 is 0 Å². The molecule has 1 fully saturated rings. The zero-order valence-corrected chi connectivity index (χ0v) is 8.37. The Hall–Kier alpha value is -1.42. The van der Waals surface area contributed by atoms with Crippen molar-refractivity contribution < 1.29 is 5.11 Å². The smallest absolute Gasteiger partial charge is 0.143 e. The van der Waals surface area contributed by atoms with Crippen molar-refractivity contribution in [3.63, 3.8) is 0 Å². The summed E-state index contributed by atoms with van der Waals surface area (Å²) >= 11 is 0. The molecule has 2 aromatic heterocycles. The quantitative estimate of drug-likeness (QED) is 0.764. The molecule has 0 amide bonds. The standard InChI is InChI=1S/C11H13N3O/c15-10-3-1-2-9(10)14-5-4-8-6-12-7-13-11(8)14/h4-7,9-10,15H,1-3H2/t9?,10-/m1/s1. The molecule has 0 spiro atoms. The Labute approximate surface area is 87.6 Å². The molecule has 0 aliphatic heterocycles. The van der Waals surface area contributed by atoms with E-state index in [0.717, 1.165) is 30.3 Å². The van der Waals surface area contributed by atoms with Gasteiger partial charge in [0.2, 0.25) is 0 Å². The lowest BCUT2D eigenvalue weighted by atomic mass is 10.2. The van der Waals surface area contributed by atoms with E-state index >= 15 is 0 Å². The molecule has 2 atom stereocenters. The monoisotopic (exact) mass is 203 g/mol. The highest BCUT2D eigenvalue weighted by molar-refractivity contribution is 5.74. The normalized spacial score (nSPS) is 26.2. The van der Waals surface area contributed by atoms with Gasteiger partial charge in [-0.05, 0) is 25.3 Å². The molecule has 2 aromatic rings. The fourth-order valence-electron chi connectivity index (χ4n) is 2.41. The first kappa shape index (κ1) is 8.85. The molecular formula is C11H13N3O. The van der Waals surface area contributed by atoms with Gasteiger partial charge in [0, 0.05) is 17.8 Å². The van der Waals surface area contributed by atoms with Crippen molar-refractivity contribution in [1.82, 2.24) is 14.5 Å². The van der Waals surface area contributed by atoms with Gasteiger partial charge in [-0.3, -0.25) is 0 Å². The van der Waals surface area contributed by atoms with Crippen LogP contribution in [0.3, 0.4) is 0 Å². The minimum absolute atomic E-state index is 0.192. The van der Waals surface area contributed by atoms with E-state index in [-0.39, 0.29) is 12.1 Å². The van der Waals surface area contributed by atoms with Gasteiger partial charge < -0.3 is 9.67 Å². The van der Waals surface area contributed by atoms with Crippen molar-refractivity contribution in [1.29, 1.82) is 0 Å². The van der Waals surface area contributed by atoms with Crippen LogP contribution < -0.4 is 0 Å². The molecule has 3 rings (SSSR count). The maximum Gasteiger partial charge on any atom is 0.143 e. The molecule has 0 aromatic carbocycles. The average Bonchev–Trinajstić information content (AvgIpc) is 2.83. The minimum Gasteiger partial charge on any atom is -0.391 e. The number of rotatable bonds is 1. The van der Waals surface area contributed by atoms with E-state index < -0.39 is 0 Å². The molecule has 1 N–H and O–H groups in total. The molecule has 1 aliphatic rings. The Bertz CT molecular complexity index is 479. The molecular weight excluding hydrogens is 190 g/mol. The molecule has 2 heterocycles. The lowest BCUT2D eigenvalue weighted by Gasteiger charge is -2.16. The van der Waals surface area contributed by atoms with Gasteiger partial charge in [0.1, 0.15) is 12.0 Å². The van der Waals surface area contributed by atoms with Crippen LogP contribution in [-0.4, -0.2) is 25.7 Å². The maximum atomic E-state index is 9.86. The van der Waals surface area contributed by atoms with Crippen LogP contribution in [0.4, 0.5) is 0 Å². The highest BCUT2D eigenvalue weighted by Crippen LogP contribution is 2.32. The molecule has 4 heteroatoms. The Morgan fingerprint density at radius 3 is 3.13 bits per heavy atom. The number of aliphatic hydroxyl groups excluding tert-OH is 1. The third-order valence-electron chi connectivity index (χ3n) is 3.18. The lowest BCUT2D eigenvalue weighted by molar-refractivity contribution is 0.138. The predicted molar refractivity (Wildman–Crippen MR) is 56.4 cm³/mol. The van der Waals surface area contributed by atoms with E-state index in [9.17, 15) is 5.11 Å². The Morgan fingerprint density at radius 1 is 1.40 bits per heavy atom. The van der Waals surface area contributed by atoms with E-state index in [2.05, 4.69) is 14.5 Å². The second-order valence-corrected chi connectivity index (χ2v) is 4.09. The summed E-state index contributed by atoms with van der Waals surface area (Å²) in [5, 5.41) is 10.9. The first-order valence-corrected chi connectivity index (χ1v) is 5.31. The Kier molecular flexibility index (Phi) is 1.95. The topological polar surface area (TPSA) is 50.9 Å². The van der Waals surface area contributed by atoms with Crippen molar-refractivity contribution in [3.05, 3.63) is 24.8 Å². The average molecular weight is 203 g/mol. The molecule has 0 saturated heterocycles. The highest BCUT2D eigenvalue weighted by Gasteiger charge is 2.27. The fourth-order valence-corrected chi connectivity index (χ4v) is 2.41. The first-order valence-electron chi connectivity index (χ1n) is 5.31. The number of aromatic nitrogens is 3. The summed E-state index contributed by atoms with van der Waals surface area (Å²) in [6, 6.07) is 2.19. The number of hydrogen-bond donors (Lipinski definition) is 1. The van der Waals surface area contributed by atoms with Crippen LogP contribution in [0, 0.1) is 0 Å².